The number of hydrogen-bond donors (Lipinski definition) is 1. The van der Waals surface area contributed by atoms with Gasteiger partial charge in [0.05, 0.1) is 26.2 Å². The van der Waals surface area contributed by atoms with E-state index in [1.54, 1.807) is 49.5 Å². The van der Waals surface area contributed by atoms with Gasteiger partial charge in [-0.2, -0.15) is 0 Å². The summed E-state index contributed by atoms with van der Waals surface area (Å²) in [4.78, 5) is 28.6. The SMILES string of the molecule is COc1ccc(N2C(=O)CC[C@H](C(=O)Nc3ccc4c(c3)OCO4)[C@H]2c2ccccc2OC)cc1. The van der Waals surface area contributed by atoms with Crippen molar-refractivity contribution in [2.75, 3.05) is 31.2 Å². The fraction of sp³-hybridized carbons (Fsp3) is 0.259. The molecule has 0 spiro atoms. The highest BCUT2D eigenvalue weighted by molar-refractivity contribution is 6.00. The van der Waals surface area contributed by atoms with Crippen LogP contribution in [0, 0.1) is 5.92 Å². The maximum absolute atomic E-state index is 13.7. The van der Waals surface area contributed by atoms with E-state index in [9.17, 15) is 9.59 Å². The molecule has 8 nitrogen and oxygen atoms in total. The number of nitrogens with zero attached hydrogens (tertiary/aromatic N) is 1. The third-order valence-corrected chi connectivity index (χ3v) is 6.38. The molecule has 1 saturated heterocycles. The van der Waals surface area contributed by atoms with Gasteiger partial charge in [-0.05, 0) is 48.9 Å². The molecule has 1 fully saturated rings. The lowest BCUT2D eigenvalue weighted by molar-refractivity contribution is -0.125. The standard InChI is InChI=1S/C27H26N2O6/c1-32-19-10-8-18(9-11-19)29-25(30)14-12-21(26(29)20-5-3-4-6-22(20)33-2)27(31)28-17-7-13-23-24(15-17)35-16-34-23/h3-11,13,15,21,26H,12,14,16H2,1-2H3,(H,28,31)/t21-,26+/m0/s1. The molecule has 0 aliphatic carbocycles. The molecule has 0 aromatic heterocycles. The van der Waals surface area contributed by atoms with E-state index in [0.29, 0.717) is 40.8 Å². The lowest BCUT2D eigenvalue weighted by Gasteiger charge is -2.41. The van der Waals surface area contributed by atoms with Gasteiger partial charge in [-0.15, -0.1) is 0 Å². The van der Waals surface area contributed by atoms with Crippen LogP contribution < -0.4 is 29.2 Å². The average molecular weight is 475 g/mol. The van der Waals surface area contributed by atoms with E-state index in [2.05, 4.69) is 5.32 Å². The van der Waals surface area contributed by atoms with Crippen molar-refractivity contribution in [3.8, 4) is 23.0 Å². The van der Waals surface area contributed by atoms with Crippen molar-refractivity contribution in [1.82, 2.24) is 0 Å². The first-order valence-electron chi connectivity index (χ1n) is 11.4. The molecule has 0 saturated carbocycles. The molecule has 1 N–H and O–H groups in total. The molecule has 2 aliphatic rings. The molecule has 0 bridgehead atoms. The minimum absolute atomic E-state index is 0.0572. The maximum Gasteiger partial charge on any atom is 0.231 e. The van der Waals surface area contributed by atoms with Gasteiger partial charge in [0.1, 0.15) is 11.5 Å². The van der Waals surface area contributed by atoms with E-state index >= 15 is 0 Å². The van der Waals surface area contributed by atoms with Gasteiger partial charge in [0.2, 0.25) is 18.6 Å². The van der Waals surface area contributed by atoms with Crippen LogP contribution in [-0.4, -0.2) is 32.8 Å². The number of rotatable bonds is 6. The number of piperidine rings is 1. The Labute approximate surface area is 203 Å². The predicted molar refractivity (Wildman–Crippen MR) is 130 cm³/mol. The first-order valence-corrected chi connectivity index (χ1v) is 11.4. The van der Waals surface area contributed by atoms with Crippen molar-refractivity contribution in [2.24, 2.45) is 5.92 Å². The molecule has 5 rings (SSSR count). The molecule has 3 aromatic carbocycles. The van der Waals surface area contributed by atoms with Gasteiger partial charge in [-0.25, -0.2) is 0 Å². The van der Waals surface area contributed by atoms with Gasteiger partial charge in [0, 0.05) is 29.4 Å². The van der Waals surface area contributed by atoms with E-state index in [1.165, 1.54) is 0 Å². The number of nitrogens with one attached hydrogen (secondary N) is 1. The first-order chi connectivity index (χ1) is 17.1. The molecule has 180 valence electrons. The first kappa shape index (κ1) is 22.6. The molecule has 2 amide bonds. The minimum atomic E-state index is -0.560. The summed E-state index contributed by atoms with van der Waals surface area (Å²) in [5.41, 5.74) is 2.06. The number of fused-ring (bicyclic) bond motifs is 1. The lowest BCUT2D eigenvalue weighted by Crippen LogP contribution is -2.47. The third-order valence-electron chi connectivity index (χ3n) is 6.38. The molecular formula is C27H26N2O6. The highest BCUT2D eigenvalue weighted by Gasteiger charge is 2.42. The van der Waals surface area contributed by atoms with Crippen molar-refractivity contribution in [1.29, 1.82) is 0 Å². The van der Waals surface area contributed by atoms with E-state index in [0.717, 1.165) is 5.56 Å². The molecule has 2 aliphatic heterocycles. The van der Waals surface area contributed by atoms with Gasteiger partial charge in [0.25, 0.3) is 0 Å². The molecule has 35 heavy (non-hydrogen) atoms. The summed E-state index contributed by atoms with van der Waals surface area (Å²) in [5, 5.41) is 3.01. The summed E-state index contributed by atoms with van der Waals surface area (Å²) in [6, 6.07) is 19.5. The van der Waals surface area contributed by atoms with Crippen LogP contribution in [0.1, 0.15) is 24.4 Å². The Morgan fingerprint density at radius 1 is 0.971 bits per heavy atom. The Balaban J connectivity index is 1.53. The molecule has 0 unspecified atom stereocenters. The Morgan fingerprint density at radius 2 is 1.74 bits per heavy atom. The van der Waals surface area contributed by atoms with Crippen LogP contribution >= 0.6 is 0 Å². The maximum atomic E-state index is 13.7. The molecule has 2 heterocycles. The van der Waals surface area contributed by atoms with Gasteiger partial charge in [-0.1, -0.05) is 18.2 Å². The number of hydrogen-bond acceptors (Lipinski definition) is 6. The molecular weight excluding hydrogens is 448 g/mol. The van der Waals surface area contributed by atoms with Crippen molar-refractivity contribution in [3.63, 3.8) is 0 Å². The van der Waals surface area contributed by atoms with Crippen LogP contribution in [-0.2, 0) is 9.59 Å². The van der Waals surface area contributed by atoms with Crippen LogP contribution in [0.4, 0.5) is 11.4 Å². The van der Waals surface area contributed by atoms with Gasteiger partial charge in [0.15, 0.2) is 11.5 Å². The van der Waals surface area contributed by atoms with E-state index in [-0.39, 0.29) is 25.0 Å². The average Bonchev–Trinajstić information content (AvgIpc) is 3.36. The van der Waals surface area contributed by atoms with Crippen LogP contribution in [0.5, 0.6) is 23.0 Å². The second-order valence-corrected chi connectivity index (χ2v) is 8.35. The fourth-order valence-electron chi connectivity index (χ4n) is 4.69. The zero-order chi connectivity index (χ0) is 24.4. The number of anilines is 2. The number of carbonyl (C=O) groups excluding carboxylic acids is 2. The lowest BCUT2D eigenvalue weighted by atomic mass is 9.82. The number of para-hydroxylation sites is 1. The molecule has 3 aromatic rings. The topological polar surface area (TPSA) is 86.3 Å². The number of methoxy groups -OCH3 is 2. The highest BCUT2D eigenvalue weighted by atomic mass is 16.7. The Bertz CT molecular complexity index is 1240. The summed E-state index contributed by atoms with van der Waals surface area (Å²) in [7, 11) is 3.18. The van der Waals surface area contributed by atoms with Crippen LogP contribution in [0.2, 0.25) is 0 Å². The quantitative estimate of drug-likeness (QED) is 0.564. The van der Waals surface area contributed by atoms with Gasteiger partial charge in [-0.3, -0.25) is 9.59 Å². The second kappa shape index (κ2) is 9.58. The normalized spacial score (nSPS) is 18.8. The number of carbonyl (C=O) groups is 2. The minimum Gasteiger partial charge on any atom is -0.497 e. The predicted octanol–water partition coefficient (Wildman–Crippen LogP) is 4.56. The zero-order valence-electron chi connectivity index (χ0n) is 19.5. The zero-order valence-corrected chi connectivity index (χ0v) is 19.5. The van der Waals surface area contributed by atoms with E-state index in [1.807, 2.05) is 36.4 Å². The smallest absolute Gasteiger partial charge is 0.231 e. The van der Waals surface area contributed by atoms with Crippen molar-refractivity contribution < 1.29 is 28.5 Å². The fourth-order valence-corrected chi connectivity index (χ4v) is 4.69. The summed E-state index contributed by atoms with van der Waals surface area (Å²) in [6.45, 7) is 0.157. The van der Waals surface area contributed by atoms with Crippen molar-refractivity contribution >= 4 is 23.2 Å². The molecule has 8 heteroatoms. The Hall–Kier alpha value is -4.20. The molecule has 0 radical (unpaired) electrons. The number of ether oxygens (including phenoxy) is 4. The second-order valence-electron chi connectivity index (χ2n) is 8.35. The highest BCUT2D eigenvalue weighted by Crippen LogP contribution is 2.44. The van der Waals surface area contributed by atoms with Gasteiger partial charge < -0.3 is 29.2 Å². The van der Waals surface area contributed by atoms with E-state index < -0.39 is 12.0 Å². The van der Waals surface area contributed by atoms with Crippen molar-refractivity contribution in [2.45, 2.75) is 18.9 Å². The third kappa shape index (κ3) is 4.35. The summed E-state index contributed by atoms with van der Waals surface area (Å²) < 4.78 is 21.7. The largest absolute Gasteiger partial charge is 0.497 e. The Morgan fingerprint density at radius 3 is 2.51 bits per heavy atom. The van der Waals surface area contributed by atoms with Crippen LogP contribution in [0.15, 0.2) is 66.7 Å². The summed E-state index contributed by atoms with van der Waals surface area (Å²) in [5.74, 6) is 1.77. The number of amides is 2. The van der Waals surface area contributed by atoms with Crippen LogP contribution in [0.25, 0.3) is 0 Å². The number of benzene rings is 3. The monoisotopic (exact) mass is 474 g/mol. The van der Waals surface area contributed by atoms with Crippen LogP contribution in [0.3, 0.4) is 0 Å². The van der Waals surface area contributed by atoms with Crippen molar-refractivity contribution in [3.05, 3.63) is 72.3 Å². The van der Waals surface area contributed by atoms with Gasteiger partial charge >= 0.3 is 0 Å². The Kier molecular flexibility index (Phi) is 6.18. The van der Waals surface area contributed by atoms with E-state index in [4.69, 9.17) is 18.9 Å². The molecule has 2 atom stereocenters. The summed E-state index contributed by atoms with van der Waals surface area (Å²) >= 11 is 0. The summed E-state index contributed by atoms with van der Waals surface area (Å²) in [6.07, 6.45) is 0.654.